The van der Waals surface area contributed by atoms with Gasteiger partial charge in [0.15, 0.2) is 5.75 Å². The summed E-state index contributed by atoms with van der Waals surface area (Å²) in [5.41, 5.74) is 2.06. The number of rotatable bonds is 6. The molecule has 0 radical (unpaired) electrons. The fourth-order valence-electron chi connectivity index (χ4n) is 2.26. The molecule has 0 unspecified atom stereocenters. The van der Waals surface area contributed by atoms with Crippen molar-refractivity contribution in [2.45, 2.75) is 13.5 Å². The molecular formula is C19H18N2O3S. The van der Waals surface area contributed by atoms with Gasteiger partial charge in [-0.15, -0.1) is 11.3 Å². The lowest BCUT2D eigenvalue weighted by Gasteiger charge is -2.12. The molecule has 2 aromatic carbocycles. The largest absolute Gasteiger partial charge is 0.455 e. The summed E-state index contributed by atoms with van der Waals surface area (Å²) in [5, 5.41) is 5.33. The van der Waals surface area contributed by atoms with Crippen LogP contribution in [0.5, 0.6) is 11.5 Å². The van der Waals surface area contributed by atoms with Crippen molar-refractivity contribution in [3.05, 3.63) is 70.2 Å². The highest BCUT2D eigenvalue weighted by Gasteiger charge is 2.13. The Hall–Kier alpha value is -2.70. The quantitative estimate of drug-likeness (QED) is 0.700. The molecular weight excluding hydrogens is 336 g/mol. The lowest BCUT2D eigenvalue weighted by atomic mass is 10.2. The molecule has 0 spiro atoms. The topological polar surface area (TPSA) is 60.5 Å². The lowest BCUT2D eigenvalue weighted by molar-refractivity contribution is 0.102. The number of amides is 1. The molecule has 3 aromatic rings. The fourth-order valence-corrected chi connectivity index (χ4v) is 3.00. The Labute approximate surface area is 150 Å². The maximum atomic E-state index is 12.4. The van der Waals surface area contributed by atoms with Gasteiger partial charge in [-0.3, -0.25) is 4.79 Å². The summed E-state index contributed by atoms with van der Waals surface area (Å²) >= 11 is 1.39. The number of aromatic nitrogens is 1. The van der Waals surface area contributed by atoms with Crippen molar-refractivity contribution in [2.24, 2.45) is 0 Å². The van der Waals surface area contributed by atoms with Crippen LogP contribution in [-0.4, -0.2) is 18.0 Å². The number of thiazole rings is 1. The third-order valence-electron chi connectivity index (χ3n) is 3.40. The number of hydrogen-bond acceptors (Lipinski definition) is 5. The Morgan fingerprint density at radius 2 is 2.04 bits per heavy atom. The minimum Gasteiger partial charge on any atom is -0.455 e. The normalized spacial score (nSPS) is 10.5. The van der Waals surface area contributed by atoms with Crippen LogP contribution in [-0.2, 0) is 11.3 Å². The van der Waals surface area contributed by atoms with Gasteiger partial charge < -0.3 is 14.8 Å². The Morgan fingerprint density at radius 1 is 1.20 bits per heavy atom. The van der Waals surface area contributed by atoms with Crippen LogP contribution in [0.25, 0.3) is 0 Å². The van der Waals surface area contributed by atoms with E-state index in [4.69, 9.17) is 9.47 Å². The molecule has 0 saturated carbocycles. The number of benzene rings is 2. The highest BCUT2D eigenvalue weighted by Crippen LogP contribution is 2.30. The van der Waals surface area contributed by atoms with Crippen molar-refractivity contribution >= 4 is 22.9 Å². The molecule has 0 saturated heterocycles. The van der Waals surface area contributed by atoms with E-state index in [2.05, 4.69) is 10.3 Å². The highest BCUT2D eigenvalue weighted by atomic mass is 32.1. The Balaban J connectivity index is 1.77. The predicted octanol–water partition coefficient (Wildman–Crippen LogP) is 4.64. The number of ether oxygens (including phenoxy) is 2. The first kappa shape index (κ1) is 17.1. The Kier molecular flexibility index (Phi) is 5.42. The van der Waals surface area contributed by atoms with E-state index in [1.165, 1.54) is 11.3 Å². The van der Waals surface area contributed by atoms with Crippen LogP contribution in [0.4, 0.5) is 5.69 Å². The molecule has 25 heavy (non-hydrogen) atoms. The first-order valence-corrected chi connectivity index (χ1v) is 8.62. The van der Waals surface area contributed by atoms with Gasteiger partial charge in [0.2, 0.25) is 0 Å². The van der Waals surface area contributed by atoms with Crippen molar-refractivity contribution in [3.8, 4) is 11.5 Å². The number of methoxy groups -OCH3 is 1. The third-order valence-corrected chi connectivity index (χ3v) is 4.23. The summed E-state index contributed by atoms with van der Waals surface area (Å²) < 4.78 is 10.9. The standard InChI is InChI=1S/C19H18N2O3S/c1-13-6-5-7-14(10-13)24-17-9-4-3-8-15(17)21-19(22)16-12-25-18(20-16)11-23-2/h3-10,12H,11H2,1-2H3,(H,21,22). The molecule has 1 heterocycles. The molecule has 0 aliphatic rings. The van der Waals surface area contributed by atoms with E-state index in [-0.39, 0.29) is 5.91 Å². The number of carbonyl (C=O) groups is 1. The summed E-state index contributed by atoms with van der Waals surface area (Å²) in [6, 6.07) is 15.1. The molecule has 0 aliphatic carbocycles. The van der Waals surface area contributed by atoms with E-state index >= 15 is 0 Å². The number of carbonyl (C=O) groups excluding carboxylic acids is 1. The number of nitrogens with zero attached hydrogens (tertiary/aromatic N) is 1. The lowest BCUT2D eigenvalue weighted by Crippen LogP contribution is -2.13. The molecule has 5 nitrogen and oxygen atoms in total. The average molecular weight is 354 g/mol. The summed E-state index contributed by atoms with van der Waals surface area (Å²) in [5.74, 6) is 1.02. The molecule has 6 heteroatoms. The number of anilines is 1. The number of aryl methyl sites for hydroxylation is 1. The molecule has 1 aromatic heterocycles. The zero-order valence-electron chi connectivity index (χ0n) is 14.0. The first-order chi connectivity index (χ1) is 12.2. The van der Waals surface area contributed by atoms with E-state index in [0.717, 1.165) is 16.3 Å². The van der Waals surface area contributed by atoms with E-state index in [0.29, 0.717) is 23.7 Å². The predicted molar refractivity (Wildman–Crippen MR) is 98.5 cm³/mol. The van der Waals surface area contributed by atoms with Crippen LogP contribution >= 0.6 is 11.3 Å². The zero-order valence-corrected chi connectivity index (χ0v) is 14.8. The first-order valence-electron chi connectivity index (χ1n) is 7.74. The van der Waals surface area contributed by atoms with Crippen LogP contribution in [0, 0.1) is 6.92 Å². The second kappa shape index (κ2) is 7.92. The SMILES string of the molecule is COCc1nc(C(=O)Nc2ccccc2Oc2cccc(C)c2)cs1. The van der Waals surface area contributed by atoms with Crippen LogP contribution in [0.3, 0.4) is 0 Å². The Bertz CT molecular complexity index is 876. The summed E-state index contributed by atoms with van der Waals surface area (Å²) in [6.07, 6.45) is 0. The molecule has 1 N–H and O–H groups in total. The van der Waals surface area contributed by atoms with Crippen LogP contribution in [0.15, 0.2) is 53.9 Å². The van der Waals surface area contributed by atoms with Crippen LogP contribution in [0.1, 0.15) is 21.1 Å². The van der Waals surface area contributed by atoms with Crippen molar-refractivity contribution in [3.63, 3.8) is 0 Å². The van der Waals surface area contributed by atoms with E-state index < -0.39 is 0 Å². The van der Waals surface area contributed by atoms with Gasteiger partial charge in [0.25, 0.3) is 5.91 Å². The minimum absolute atomic E-state index is 0.279. The molecule has 0 atom stereocenters. The smallest absolute Gasteiger partial charge is 0.275 e. The second-order valence-corrected chi connectivity index (χ2v) is 6.37. The van der Waals surface area contributed by atoms with Gasteiger partial charge in [-0.2, -0.15) is 0 Å². The van der Waals surface area contributed by atoms with Gasteiger partial charge in [0, 0.05) is 12.5 Å². The maximum Gasteiger partial charge on any atom is 0.275 e. The van der Waals surface area contributed by atoms with Gasteiger partial charge >= 0.3 is 0 Å². The van der Waals surface area contributed by atoms with Gasteiger partial charge in [-0.1, -0.05) is 24.3 Å². The van der Waals surface area contributed by atoms with E-state index in [9.17, 15) is 4.79 Å². The second-order valence-electron chi connectivity index (χ2n) is 5.43. The summed E-state index contributed by atoms with van der Waals surface area (Å²) in [7, 11) is 1.60. The molecule has 0 bridgehead atoms. The Morgan fingerprint density at radius 3 is 2.84 bits per heavy atom. The fraction of sp³-hybridized carbons (Fsp3) is 0.158. The van der Waals surface area contributed by atoms with Crippen molar-refractivity contribution in [1.82, 2.24) is 4.98 Å². The van der Waals surface area contributed by atoms with Crippen molar-refractivity contribution in [2.75, 3.05) is 12.4 Å². The zero-order chi connectivity index (χ0) is 17.6. The summed E-state index contributed by atoms with van der Waals surface area (Å²) in [6.45, 7) is 2.39. The highest BCUT2D eigenvalue weighted by molar-refractivity contribution is 7.09. The van der Waals surface area contributed by atoms with Gasteiger partial charge in [-0.25, -0.2) is 4.98 Å². The molecule has 0 fully saturated rings. The van der Waals surface area contributed by atoms with E-state index in [1.54, 1.807) is 18.6 Å². The molecule has 1 amide bonds. The summed E-state index contributed by atoms with van der Waals surface area (Å²) in [4.78, 5) is 16.7. The number of nitrogens with one attached hydrogen (secondary N) is 1. The average Bonchev–Trinajstić information content (AvgIpc) is 3.06. The number of hydrogen-bond donors (Lipinski definition) is 1. The van der Waals surface area contributed by atoms with Crippen molar-refractivity contribution in [1.29, 1.82) is 0 Å². The minimum atomic E-state index is -0.279. The van der Waals surface area contributed by atoms with E-state index in [1.807, 2.05) is 49.4 Å². The molecule has 128 valence electrons. The third kappa shape index (κ3) is 4.43. The van der Waals surface area contributed by atoms with Gasteiger partial charge in [-0.05, 0) is 36.8 Å². The molecule has 3 rings (SSSR count). The van der Waals surface area contributed by atoms with Crippen LogP contribution < -0.4 is 10.1 Å². The number of para-hydroxylation sites is 2. The monoisotopic (exact) mass is 354 g/mol. The maximum absolute atomic E-state index is 12.4. The van der Waals surface area contributed by atoms with Gasteiger partial charge in [0.05, 0.1) is 12.3 Å². The molecule has 0 aliphatic heterocycles. The van der Waals surface area contributed by atoms with Crippen molar-refractivity contribution < 1.29 is 14.3 Å². The van der Waals surface area contributed by atoms with Crippen LogP contribution in [0.2, 0.25) is 0 Å². The van der Waals surface area contributed by atoms with Gasteiger partial charge in [0.1, 0.15) is 16.5 Å².